The molecular weight excluding hydrogens is 256 g/mol. The van der Waals surface area contributed by atoms with Crippen molar-refractivity contribution in [2.45, 2.75) is 4.34 Å². The highest BCUT2D eigenvalue weighted by Gasteiger charge is 2.19. The Balaban J connectivity index is 2.28. The molecule has 2 aromatic rings. The van der Waals surface area contributed by atoms with Gasteiger partial charge in [0.1, 0.15) is 0 Å². The minimum Gasteiger partial charge on any atom is -0.374 e. The summed E-state index contributed by atoms with van der Waals surface area (Å²) in [7, 11) is -3.64. The van der Waals surface area contributed by atoms with Crippen molar-refractivity contribution in [3.8, 4) is 0 Å². The zero-order valence-electron chi connectivity index (χ0n) is 7.25. The highest BCUT2D eigenvalue weighted by Crippen LogP contribution is 2.21. The molecule has 3 N–H and O–H groups in total. The van der Waals surface area contributed by atoms with Crippen LogP contribution in [0.2, 0.25) is 0 Å². The molecule has 80 valence electrons. The first-order valence-electron chi connectivity index (χ1n) is 3.72. The summed E-state index contributed by atoms with van der Waals surface area (Å²) in [6.45, 7) is 0. The van der Waals surface area contributed by atoms with E-state index in [0.717, 1.165) is 11.3 Å². The van der Waals surface area contributed by atoms with Crippen LogP contribution in [-0.2, 0) is 10.0 Å². The van der Waals surface area contributed by atoms with Gasteiger partial charge in [-0.1, -0.05) is 11.3 Å². The van der Waals surface area contributed by atoms with E-state index in [4.69, 9.17) is 5.73 Å². The van der Waals surface area contributed by atoms with Crippen LogP contribution >= 0.6 is 22.7 Å². The molecule has 6 nitrogen and oxygen atoms in total. The number of hydrogen-bond acceptors (Lipinski definition) is 7. The average molecular weight is 262 g/mol. The highest BCUT2D eigenvalue weighted by molar-refractivity contribution is 7.94. The number of rotatable bonds is 3. The zero-order chi connectivity index (χ0) is 10.9. The van der Waals surface area contributed by atoms with Crippen LogP contribution in [0.3, 0.4) is 0 Å². The Hall–Kier alpha value is -1.19. The van der Waals surface area contributed by atoms with E-state index in [-0.39, 0.29) is 9.47 Å². The van der Waals surface area contributed by atoms with Gasteiger partial charge in [-0.3, -0.25) is 4.72 Å². The van der Waals surface area contributed by atoms with Crippen LogP contribution < -0.4 is 10.5 Å². The second-order valence-electron chi connectivity index (χ2n) is 2.52. The Kier molecular flexibility index (Phi) is 2.59. The molecule has 0 aliphatic heterocycles. The van der Waals surface area contributed by atoms with E-state index in [1.165, 1.54) is 11.3 Å². The van der Waals surface area contributed by atoms with Crippen molar-refractivity contribution in [2.75, 3.05) is 10.5 Å². The number of hydrogen-bond donors (Lipinski definition) is 2. The maximum absolute atomic E-state index is 11.7. The standard InChI is InChI=1S/C6H6N4O2S3/c7-5-8-9-6(14-5)15(11,12)10-4-1-2-13-3-4/h1-3,10H,(H2,7,8). The van der Waals surface area contributed by atoms with Crippen molar-refractivity contribution in [1.29, 1.82) is 0 Å². The lowest BCUT2D eigenvalue weighted by Crippen LogP contribution is -2.12. The van der Waals surface area contributed by atoms with Crippen molar-refractivity contribution < 1.29 is 8.42 Å². The van der Waals surface area contributed by atoms with Gasteiger partial charge in [0.15, 0.2) is 0 Å². The molecule has 0 atom stereocenters. The minimum atomic E-state index is -3.64. The average Bonchev–Trinajstić information content (AvgIpc) is 2.75. The van der Waals surface area contributed by atoms with Gasteiger partial charge in [-0.2, -0.15) is 19.8 Å². The number of nitrogen functional groups attached to an aromatic ring is 1. The third-order valence-electron chi connectivity index (χ3n) is 1.43. The van der Waals surface area contributed by atoms with E-state index >= 15 is 0 Å². The van der Waals surface area contributed by atoms with Gasteiger partial charge in [-0.05, 0) is 11.4 Å². The van der Waals surface area contributed by atoms with Gasteiger partial charge in [-0.15, -0.1) is 10.2 Å². The van der Waals surface area contributed by atoms with Gasteiger partial charge >= 0.3 is 0 Å². The first-order chi connectivity index (χ1) is 7.08. The van der Waals surface area contributed by atoms with E-state index in [9.17, 15) is 8.42 Å². The topological polar surface area (TPSA) is 98.0 Å². The Bertz CT molecular complexity index is 545. The lowest BCUT2D eigenvalue weighted by Gasteiger charge is -2.00. The predicted molar refractivity (Wildman–Crippen MR) is 59.4 cm³/mol. The Morgan fingerprint density at radius 3 is 2.73 bits per heavy atom. The smallest absolute Gasteiger partial charge is 0.291 e. The molecule has 0 fully saturated rings. The normalized spacial score (nSPS) is 11.5. The molecule has 0 saturated carbocycles. The quantitative estimate of drug-likeness (QED) is 0.859. The van der Waals surface area contributed by atoms with Crippen molar-refractivity contribution in [3.63, 3.8) is 0 Å². The van der Waals surface area contributed by atoms with Gasteiger partial charge in [0.25, 0.3) is 14.4 Å². The molecule has 0 aliphatic rings. The summed E-state index contributed by atoms with van der Waals surface area (Å²) in [6.07, 6.45) is 0. The van der Waals surface area contributed by atoms with Crippen molar-refractivity contribution in [1.82, 2.24) is 10.2 Å². The zero-order valence-corrected chi connectivity index (χ0v) is 9.69. The van der Waals surface area contributed by atoms with Gasteiger partial charge in [0, 0.05) is 5.38 Å². The second-order valence-corrected chi connectivity index (χ2v) is 6.17. The van der Waals surface area contributed by atoms with Crippen LogP contribution in [0.15, 0.2) is 21.2 Å². The summed E-state index contributed by atoms with van der Waals surface area (Å²) < 4.78 is 25.5. The molecule has 2 rings (SSSR count). The molecule has 9 heteroatoms. The maximum atomic E-state index is 11.7. The van der Waals surface area contributed by atoms with Crippen LogP contribution in [0.25, 0.3) is 0 Å². The molecule has 0 amide bonds. The summed E-state index contributed by atoms with van der Waals surface area (Å²) in [5.41, 5.74) is 5.81. The number of thiophene rings is 1. The first-order valence-corrected chi connectivity index (χ1v) is 6.96. The van der Waals surface area contributed by atoms with E-state index in [0.29, 0.717) is 5.69 Å². The maximum Gasteiger partial charge on any atom is 0.291 e. The van der Waals surface area contributed by atoms with Gasteiger partial charge in [0.2, 0.25) is 5.13 Å². The largest absolute Gasteiger partial charge is 0.374 e. The summed E-state index contributed by atoms with van der Waals surface area (Å²) in [5.74, 6) is 0. The molecular formula is C6H6N4O2S3. The lowest BCUT2D eigenvalue weighted by atomic mass is 10.6. The summed E-state index contributed by atoms with van der Waals surface area (Å²) >= 11 is 2.22. The number of nitrogens with zero attached hydrogens (tertiary/aromatic N) is 2. The molecule has 2 aromatic heterocycles. The van der Waals surface area contributed by atoms with Crippen molar-refractivity contribution in [2.24, 2.45) is 0 Å². The summed E-state index contributed by atoms with van der Waals surface area (Å²) in [6, 6.07) is 1.66. The fourth-order valence-corrected chi connectivity index (χ4v) is 3.35. The minimum absolute atomic E-state index is 0.126. The fourth-order valence-electron chi connectivity index (χ4n) is 0.850. The predicted octanol–water partition coefficient (Wildman–Crippen LogP) is 0.983. The molecule has 0 saturated heterocycles. The Labute approximate surface area is 93.8 Å². The van der Waals surface area contributed by atoms with Gasteiger partial charge in [-0.25, -0.2) is 0 Å². The van der Waals surface area contributed by atoms with Gasteiger partial charge in [0.05, 0.1) is 5.69 Å². The number of nitrogens with one attached hydrogen (secondary N) is 1. The molecule has 0 aliphatic carbocycles. The van der Waals surface area contributed by atoms with Crippen LogP contribution in [0.5, 0.6) is 0 Å². The highest BCUT2D eigenvalue weighted by atomic mass is 32.2. The second kappa shape index (κ2) is 3.76. The molecule has 0 unspecified atom stereocenters. The summed E-state index contributed by atoms with van der Waals surface area (Å²) in [4.78, 5) is 0. The molecule has 2 heterocycles. The fraction of sp³-hybridized carbons (Fsp3) is 0. The molecule has 0 radical (unpaired) electrons. The number of anilines is 2. The number of nitrogens with two attached hydrogens (primary N) is 1. The van der Waals surface area contributed by atoms with Crippen LogP contribution in [0.1, 0.15) is 0 Å². The SMILES string of the molecule is Nc1nnc(S(=O)(=O)Nc2ccsc2)s1. The Morgan fingerprint density at radius 1 is 1.40 bits per heavy atom. The lowest BCUT2D eigenvalue weighted by molar-refractivity contribution is 0.599. The van der Waals surface area contributed by atoms with Crippen molar-refractivity contribution in [3.05, 3.63) is 16.8 Å². The van der Waals surface area contributed by atoms with E-state index in [2.05, 4.69) is 14.9 Å². The number of aromatic nitrogens is 2. The third-order valence-corrected chi connectivity index (χ3v) is 4.61. The van der Waals surface area contributed by atoms with Crippen molar-refractivity contribution >= 4 is 43.5 Å². The first kappa shape index (κ1) is 10.3. The molecule has 0 bridgehead atoms. The van der Waals surface area contributed by atoms with Crippen LogP contribution in [0, 0.1) is 0 Å². The molecule has 0 spiro atoms. The number of sulfonamides is 1. The van der Waals surface area contributed by atoms with Crippen LogP contribution in [-0.4, -0.2) is 18.6 Å². The van der Waals surface area contributed by atoms with Crippen LogP contribution in [0.4, 0.5) is 10.8 Å². The van der Waals surface area contributed by atoms with Gasteiger partial charge < -0.3 is 5.73 Å². The molecule has 0 aromatic carbocycles. The monoisotopic (exact) mass is 262 g/mol. The van der Waals surface area contributed by atoms with E-state index in [1.54, 1.807) is 16.8 Å². The van der Waals surface area contributed by atoms with E-state index in [1.807, 2.05) is 0 Å². The third kappa shape index (κ3) is 2.25. The Morgan fingerprint density at radius 2 is 2.20 bits per heavy atom. The van der Waals surface area contributed by atoms with E-state index < -0.39 is 10.0 Å². The molecule has 15 heavy (non-hydrogen) atoms. The summed E-state index contributed by atoms with van der Waals surface area (Å²) in [5, 5.41) is 10.5.